The van der Waals surface area contributed by atoms with Crippen molar-refractivity contribution in [3.63, 3.8) is 0 Å². The van der Waals surface area contributed by atoms with Gasteiger partial charge in [-0.25, -0.2) is 4.79 Å². The predicted molar refractivity (Wildman–Crippen MR) is 70.1 cm³/mol. The fourth-order valence-corrected chi connectivity index (χ4v) is 2.28. The average Bonchev–Trinajstić information content (AvgIpc) is 2.73. The van der Waals surface area contributed by atoms with Gasteiger partial charge in [0, 0.05) is 0 Å². The van der Waals surface area contributed by atoms with E-state index in [1.807, 2.05) is 0 Å². The van der Waals surface area contributed by atoms with Gasteiger partial charge >= 0.3 is 6.09 Å². The van der Waals surface area contributed by atoms with Crippen molar-refractivity contribution in [2.45, 2.75) is 77.2 Å². The maximum Gasteiger partial charge on any atom is 0.407 e. The SMILES string of the molecule is CCCCCCCCCCCC1COC(=O)N1. The van der Waals surface area contributed by atoms with E-state index in [2.05, 4.69) is 12.2 Å². The second kappa shape index (κ2) is 9.32. The smallest absolute Gasteiger partial charge is 0.407 e. The quantitative estimate of drug-likeness (QED) is 0.587. The van der Waals surface area contributed by atoms with Crippen LogP contribution in [0.3, 0.4) is 0 Å². The second-order valence-electron chi connectivity index (χ2n) is 5.06. The number of alkyl carbamates (subject to hydrolysis) is 1. The first-order valence-corrected chi connectivity index (χ1v) is 7.26. The van der Waals surface area contributed by atoms with Gasteiger partial charge in [-0.15, -0.1) is 0 Å². The van der Waals surface area contributed by atoms with E-state index in [0.29, 0.717) is 6.61 Å². The molecule has 1 fully saturated rings. The third-order valence-electron chi connectivity index (χ3n) is 3.39. The molecule has 0 aromatic carbocycles. The van der Waals surface area contributed by atoms with Gasteiger partial charge in [-0.1, -0.05) is 64.7 Å². The van der Waals surface area contributed by atoms with Gasteiger partial charge in [0.15, 0.2) is 0 Å². The van der Waals surface area contributed by atoms with Gasteiger partial charge in [-0.05, 0) is 6.42 Å². The Morgan fingerprint density at radius 2 is 1.65 bits per heavy atom. The molecule has 0 spiro atoms. The molecule has 1 amide bonds. The average molecular weight is 241 g/mol. The molecule has 17 heavy (non-hydrogen) atoms. The van der Waals surface area contributed by atoms with Crippen LogP contribution in [0.25, 0.3) is 0 Å². The highest BCUT2D eigenvalue weighted by Gasteiger charge is 2.20. The molecule has 1 unspecified atom stereocenters. The molecule has 0 aliphatic carbocycles. The zero-order chi connectivity index (χ0) is 12.3. The summed E-state index contributed by atoms with van der Waals surface area (Å²) in [6, 6.07) is 0.270. The van der Waals surface area contributed by atoms with E-state index < -0.39 is 0 Å². The Morgan fingerprint density at radius 3 is 2.18 bits per heavy atom. The van der Waals surface area contributed by atoms with Gasteiger partial charge < -0.3 is 10.1 Å². The molecule has 3 heteroatoms. The molecule has 0 bridgehead atoms. The van der Waals surface area contributed by atoms with Crippen LogP contribution in [0, 0.1) is 0 Å². The Balaban J connectivity index is 1.77. The van der Waals surface area contributed by atoms with E-state index in [0.717, 1.165) is 6.42 Å². The fraction of sp³-hybridized carbons (Fsp3) is 0.929. The summed E-state index contributed by atoms with van der Waals surface area (Å²) in [5, 5.41) is 2.82. The predicted octanol–water partition coefficient (Wildman–Crippen LogP) is 4.02. The van der Waals surface area contributed by atoms with Crippen molar-refractivity contribution in [3.8, 4) is 0 Å². The lowest BCUT2D eigenvalue weighted by Gasteiger charge is -2.06. The van der Waals surface area contributed by atoms with Gasteiger partial charge in [-0.3, -0.25) is 0 Å². The molecular formula is C14H27NO2. The third-order valence-corrected chi connectivity index (χ3v) is 3.39. The topological polar surface area (TPSA) is 38.3 Å². The highest BCUT2D eigenvalue weighted by atomic mass is 16.6. The molecule has 0 radical (unpaired) electrons. The minimum absolute atomic E-state index is 0.245. The Morgan fingerprint density at radius 1 is 1.06 bits per heavy atom. The summed E-state index contributed by atoms with van der Waals surface area (Å²) in [4.78, 5) is 10.8. The standard InChI is InChI=1S/C14H27NO2/c1-2-3-4-5-6-7-8-9-10-11-13-12-17-14(16)15-13/h13H,2-12H2,1H3,(H,15,16). The maximum atomic E-state index is 10.8. The van der Waals surface area contributed by atoms with Crippen LogP contribution in [-0.2, 0) is 4.74 Å². The Hall–Kier alpha value is -0.730. The van der Waals surface area contributed by atoms with Gasteiger partial charge in [0.25, 0.3) is 0 Å². The number of rotatable bonds is 10. The number of nitrogens with one attached hydrogen (secondary N) is 1. The van der Waals surface area contributed by atoms with E-state index in [4.69, 9.17) is 4.74 Å². The van der Waals surface area contributed by atoms with E-state index in [-0.39, 0.29) is 12.1 Å². The van der Waals surface area contributed by atoms with Gasteiger partial charge in [0.1, 0.15) is 6.61 Å². The van der Waals surface area contributed by atoms with Crippen molar-refractivity contribution < 1.29 is 9.53 Å². The lowest BCUT2D eigenvalue weighted by molar-refractivity contribution is 0.176. The van der Waals surface area contributed by atoms with Crippen molar-refractivity contribution in [2.75, 3.05) is 6.61 Å². The minimum Gasteiger partial charge on any atom is -0.447 e. The van der Waals surface area contributed by atoms with Crippen molar-refractivity contribution >= 4 is 6.09 Å². The van der Waals surface area contributed by atoms with Gasteiger partial charge in [0.05, 0.1) is 6.04 Å². The summed E-state index contributed by atoms with van der Waals surface area (Å²) >= 11 is 0. The maximum absolute atomic E-state index is 10.8. The number of unbranched alkanes of at least 4 members (excludes halogenated alkanes) is 8. The van der Waals surface area contributed by atoms with E-state index in [1.54, 1.807) is 0 Å². The molecule has 1 atom stereocenters. The summed E-state index contributed by atoms with van der Waals surface area (Å²) in [6.07, 6.45) is 13.0. The summed E-state index contributed by atoms with van der Waals surface area (Å²) in [5.41, 5.74) is 0. The number of amides is 1. The molecule has 1 N–H and O–H groups in total. The van der Waals surface area contributed by atoms with Gasteiger partial charge in [0.2, 0.25) is 0 Å². The minimum atomic E-state index is -0.245. The number of carbonyl (C=O) groups is 1. The van der Waals surface area contributed by atoms with Crippen LogP contribution in [0.2, 0.25) is 0 Å². The molecule has 1 aliphatic rings. The molecule has 0 aromatic rings. The Labute approximate surface area is 105 Å². The first-order chi connectivity index (χ1) is 8.33. The number of hydrogen-bond acceptors (Lipinski definition) is 2. The zero-order valence-electron chi connectivity index (χ0n) is 11.2. The Bertz CT molecular complexity index is 206. The molecular weight excluding hydrogens is 214 g/mol. The first kappa shape index (κ1) is 14.3. The molecule has 1 heterocycles. The highest BCUT2D eigenvalue weighted by Crippen LogP contribution is 2.12. The van der Waals surface area contributed by atoms with Gasteiger partial charge in [-0.2, -0.15) is 0 Å². The number of carbonyl (C=O) groups excluding carboxylic acids is 1. The summed E-state index contributed by atoms with van der Waals surface area (Å²) < 4.78 is 4.85. The summed E-state index contributed by atoms with van der Waals surface area (Å²) in [6.45, 7) is 2.82. The van der Waals surface area contributed by atoms with Crippen LogP contribution in [0.1, 0.15) is 71.1 Å². The molecule has 1 aliphatic heterocycles. The van der Waals surface area contributed by atoms with E-state index in [9.17, 15) is 4.79 Å². The zero-order valence-corrected chi connectivity index (χ0v) is 11.2. The summed E-state index contributed by atoms with van der Waals surface area (Å²) in [7, 11) is 0. The van der Waals surface area contributed by atoms with Crippen LogP contribution < -0.4 is 5.32 Å². The fourth-order valence-electron chi connectivity index (χ4n) is 2.28. The monoisotopic (exact) mass is 241 g/mol. The van der Waals surface area contributed by atoms with Crippen LogP contribution in [-0.4, -0.2) is 18.7 Å². The number of hydrogen-bond donors (Lipinski definition) is 1. The summed E-state index contributed by atoms with van der Waals surface area (Å²) in [5.74, 6) is 0. The molecule has 3 nitrogen and oxygen atoms in total. The number of ether oxygens (including phenoxy) is 1. The second-order valence-corrected chi connectivity index (χ2v) is 5.06. The first-order valence-electron chi connectivity index (χ1n) is 7.26. The molecule has 1 rings (SSSR count). The van der Waals surface area contributed by atoms with Crippen LogP contribution >= 0.6 is 0 Å². The normalized spacial score (nSPS) is 19.1. The van der Waals surface area contributed by atoms with Crippen molar-refractivity contribution in [1.82, 2.24) is 5.32 Å². The van der Waals surface area contributed by atoms with Crippen LogP contribution in [0.5, 0.6) is 0 Å². The third kappa shape index (κ3) is 7.24. The van der Waals surface area contributed by atoms with E-state index in [1.165, 1.54) is 57.8 Å². The lowest BCUT2D eigenvalue weighted by Crippen LogP contribution is -2.25. The van der Waals surface area contributed by atoms with Crippen molar-refractivity contribution in [3.05, 3.63) is 0 Å². The highest BCUT2D eigenvalue weighted by molar-refractivity contribution is 5.69. The molecule has 1 saturated heterocycles. The molecule has 100 valence electrons. The largest absolute Gasteiger partial charge is 0.447 e. The molecule has 0 saturated carbocycles. The lowest BCUT2D eigenvalue weighted by atomic mass is 10.0. The molecule has 0 aromatic heterocycles. The van der Waals surface area contributed by atoms with Crippen molar-refractivity contribution in [1.29, 1.82) is 0 Å². The van der Waals surface area contributed by atoms with Crippen LogP contribution in [0.4, 0.5) is 4.79 Å². The van der Waals surface area contributed by atoms with Crippen molar-refractivity contribution in [2.24, 2.45) is 0 Å². The Kier molecular flexibility index (Phi) is 7.85. The number of cyclic esters (lactones) is 1. The van der Waals surface area contributed by atoms with E-state index >= 15 is 0 Å². The van der Waals surface area contributed by atoms with Crippen LogP contribution in [0.15, 0.2) is 0 Å².